The Labute approximate surface area is 129 Å². The molecule has 1 saturated heterocycles. The Hall–Kier alpha value is -2.17. The zero-order valence-electron chi connectivity index (χ0n) is 13.1. The highest BCUT2D eigenvalue weighted by Gasteiger charge is 2.35. The maximum atomic E-state index is 12.7. The number of carbonyl (C=O) groups is 3. The molecule has 5 nitrogen and oxygen atoms in total. The quantitative estimate of drug-likeness (QED) is 0.871. The third-order valence-corrected chi connectivity index (χ3v) is 4.43. The van der Waals surface area contributed by atoms with Crippen LogP contribution in [0.3, 0.4) is 0 Å². The summed E-state index contributed by atoms with van der Waals surface area (Å²) < 4.78 is 0. The molecule has 1 heterocycles. The second kappa shape index (κ2) is 6.30. The Morgan fingerprint density at radius 1 is 1.27 bits per heavy atom. The smallest absolute Gasteiger partial charge is 0.308 e. The maximum Gasteiger partial charge on any atom is 0.308 e. The van der Waals surface area contributed by atoms with Crippen LogP contribution in [0, 0.1) is 12.8 Å². The van der Waals surface area contributed by atoms with E-state index in [-0.39, 0.29) is 17.7 Å². The number of Topliss-reactive ketones (excluding diaryl/α,β-unsaturated/α-hetero) is 1. The minimum atomic E-state index is -0.863. The van der Waals surface area contributed by atoms with Crippen molar-refractivity contribution in [2.75, 3.05) is 6.54 Å². The number of hydrogen-bond donors (Lipinski definition) is 1. The van der Waals surface area contributed by atoms with Crippen LogP contribution in [-0.4, -0.2) is 40.3 Å². The summed E-state index contributed by atoms with van der Waals surface area (Å²) in [6.07, 6.45) is 1.27. The average Bonchev–Trinajstić information content (AvgIpc) is 2.46. The highest BCUT2D eigenvalue weighted by Crippen LogP contribution is 2.26. The van der Waals surface area contributed by atoms with E-state index >= 15 is 0 Å². The van der Waals surface area contributed by atoms with Gasteiger partial charge in [0, 0.05) is 23.7 Å². The van der Waals surface area contributed by atoms with Crippen molar-refractivity contribution >= 4 is 17.7 Å². The van der Waals surface area contributed by atoms with E-state index in [0.717, 1.165) is 5.56 Å². The second-order valence-corrected chi connectivity index (χ2v) is 5.91. The predicted molar refractivity (Wildman–Crippen MR) is 82.0 cm³/mol. The van der Waals surface area contributed by atoms with E-state index in [9.17, 15) is 19.5 Å². The Morgan fingerprint density at radius 3 is 2.55 bits per heavy atom. The Balaban J connectivity index is 2.29. The number of likely N-dealkylation sites (tertiary alicyclic amines) is 1. The number of carbonyl (C=O) groups excluding carboxylic acids is 2. The average molecular weight is 303 g/mol. The van der Waals surface area contributed by atoms with Gasteiger partial charge in [-0.1, -0.05) is 6.07 Å². The van der Waals surface area contributed by atoms with Gasteiger partial charge in [-0.3, -0.25) is 14.4 Å². The summed E-state index contributed by atoms with van der Waals surface area (Å²) in [7, 11) is 0. The monoisotopic (exact) mass is 303 g/mol. The first-order chi connectivity index (χ1) is 10.3. The number of hydrogen-bond acceptors (Lipinski definition) is 3. The molecule has 1 N–H and O–H groups in total. The highest BCUT2D eigenvalue weighted by molar-refractivity contribution is 6.00. The molecule has 1 amide bonds. The standard InChI is InChI=1S/C17H21NO4/c1-10-6-7-13(9-15(10)12(3)19)16(20)18-8-4-5-14(11(18)2)17(21)22/h6-7,9,11,14H,4-5,8H2,1-3H3,(H,21,22)/t11-,14-/m1/s1. The molecule has 2 rings (SSSR count). The summed E-state index contributed by atoms with van der Waals surface area (Å²) in [5.74, 6) is -1.68. The topological polar surface area (TPSA) is 74.7 Å². The van der Waals surface area contributed by atoms with Crippen molar-refractivity contribution in [3.8, 4) is 0 Å². The normalized spacial score (nSPS) is 21.5. The van der Waals surface area contributed by atoms with Crippen molar-refractivity contribution in [3.63, 3.8) is 0 Å². The molecule has 0 spiro atoms. The molecule has 2 atom stereocenters. The zero-order chi connectivity index (χ0) is 16.4. The largest absolute Gasteiger partial charge is 0.481 e. The molecule has 0 unspecified atom stereocenters. The SMILES string of the molecule is CC(=O)c1cc(C(=O)N2CCC[C@@H](C(=O)O)[C@H]2C)ccc1C. The number of aryl methyl sites for hydroxylation is 1. The first-order valence-electron chi connectivity index (χ1n) is 7.48. The highest BCUT2D eigenvalue weighted by atomic mass is 16.4. The summed E-state index contributed by atoms with van der Waals surface area (Å²) >= 11 is 0. The van der Waals surface area contributed by atoms with E-state index in [4.69, 9.17) is 0 Å². The van der Waals surface area contributed by atoms with Crippen LogP contribution in [0.25, 0.3) is 0 Å². The lowest BCUT2D eigenvalue weighted by molar-refractivity contribution is -0.144. The van der Waals surface area contributed by atoms with Gasteiger partial charge in [-0.15, -0.1) is 0 Å². The molecule has 1 fully saturated rings. The summed E-state index contributed by atoms with van der Waals surface area (Å²) in [6.45, 7) is 5.62. The molecule has 1 aromatic rings. The molecule has 0 saturated carbocycles. The first kappa shape index (κ1) is 16.2. The zero-order valence-corrected chi connectivity index (χ0v) is 13.1. The third kappa shape index (κ3) is 3.03. The van der Waals surface area contributed by atoms with Gasteiger partial charge in [0.25, 0.3) is 5.91 Å². The fourth-order valence-corrected chi connectivity index (χ4v) is 3.06. The van der Waals surface area contributed by atoms with Crippen LogP contribution in [0.15, 0.2) is 18.2 Å². The van der Waals surface area contributed by atoms with Gasteiger partial charge in [-0.05, 0) is 51.3 Å². The van der Waals surface area contributed by atoms with Crippen molar-refractivity contribution < 1.29 is 19.5 Å². The van der Waals surface area contributed by atoms with Crippen molar-refractivity contribution in [3.05, 3.63) is 34.9 Å². The van der Waals surface area contributed by atoms with Crippen molar-refractivity contribution in [1.29, 1.82) is 0 Å². The summed E-state index contributed by atoms with van der Waals surface area (Å²) in [6, 6.07) is 4.71. The fourth-order valence-electron chi connectivity index (χ4n) is 3.06. The van der Waals surface area contributed by atoms with E-state index < -0.39 is 11.9 Å². The fraction of sp³-hybridized carbons (Fsp3) is 0.471. The van der Waals surface area contributed by atoms with Crippen LogP contribution in [0.5, 0.6) is 0 Å². The number of amides is 1. The van der Waals surface area contributed by atoms with Gasteiger partial charge in [-0.25, -0.2) is 0 Å². The number of nitrogens with zero attached hydrogens (tertiary/aromatic N) is 1. The van der Waals surface area contributed by atoms with Crippen LogP contribution in [0.2, 0.25) is 0 Å². The van der Waals surface area contributed by atoms with Crippen LogP contribution in [0.4, 0.5) is 0 Å². The first-order valence-corrected chi connectivity index (χ1v) is 7.48. The third-order valence-electron chi connectivity index (χ3n) is 4.43. The van der Waals surface area contributed by atoms with E-state index in [2.05, 4.69) is 0 Å². The van der Waals surface area contributed by atoms with E-state index in [1.807, 2.05) is 6.92 Å². The number of ketones is 1. The summed E-state index contributed by atoms with van der Waals surface area (Å²) in [4.78, 5) is 37.2. The minimum Gasteiger partial charge on any atom is -0.481 e. The number of benzene rings is 1. The maximum absolute atomic E-state index is 12.7. The summed E-state index contributed by atoms with van der Waals surface area (Å²) in [5, 5.41) is 9.25. The Morgan fingerprint density at radius 2 is 1.95 bits per heavy atom. The van der Waals surface area contributed by atoms with Crippen LogP contribution >= 0.6 is 0 Å². The molecular formula is C17H21NO4. The number of piperidine rings is 1. The lowest BCUT2D eigenvalue weighted by Crippen LogP contribution is -2.49. The van der Waals surface area contributed by atoms with Gasteiger partial charge in [0.15, 0.2) is 5.78 Å². The molecular weight excluding hydrogens is 282 g/mol. The molecule has 0 bridgehead atoms. The van der Waals surface area contributed by atoms with Crippen LogP contribution in [-0.2, 0) is 4.79 Å². The number of carboxylic acids is 1. The lowest BCUT2D eigenvalue weighted by atomic mass is 9.89. The van der Waals surface area contributed by atoms with Gasteiger partial charge in [-0.2, -0.15) is 0 Å². The molecule has 1 aliphatic rings. The van der Waals surface area contributed by atoms with Gasteiger partial charge < -0.3 is 10.0 Å². The lowest BCUT2D eigenvalue weighted by Gasteiger charge is -2.37. The molecule has 118 valence electrons. The predicted octanol–water partition coefficient (Wildman–Crippen LogP) is 2.52. The summed E-state index contributed by atoms with van der Waals surface area (Å²) in [5.41, 5.74) is 1.80. The van der Waals surface area contributed by atoms with Crippen molar-refractivity contribution in [2.45, 2.75) is 39.7 Å². The van der Waals surface area contributed by atoms with Crippen molar-refractivity contribution in [2.24, 2.45) is 5.92 Å². The second-order valence-electron chi connectivity index (χ2n) is 5.91. The molecule has 5 heteroatoms. The van der Waals surface area contributed by atoms with Crippen LogP contribution < -0.4 is 0 Å². The van der Waals surface area contributed by atoms with E-state index in [1.165, 1.54) is 6.92 Å². The minimum absolute atomic E-state index is 0.0812. The molecule has 22 heavy (non-hydrogen) atoms. The van der Waals surface area contributed by atoms with Crippen molar-refractivity contribution in [1.82, 2.24) is 4.90 Å². The van der Waals surface area contributed by atoms with Gasteiger partial charge in [0.05, 0.1) is 5.92 Å². The van der Waals surface area contributed by atoms with E-state index in [1.54, 1.807) is 30.0 Å². The molecule has 0 aliphatic carbocycles. The van der Waals surface area contributed by atoms with Crippen LogP contribution in [0.1, 0.15) is 53.0 Å². The Kier molecular flexibility index (Phi) is 4.64. The molecule has 0 aromatic heterocycles. The number of aliphatic carboxylic acids is 1. The number of rotatable bonds is 3. The number of carboxylic acid groups (broad SMARTS) is 1. The molecule has 0 radical (unpaired) electrons. The van der Waals surface area contributed by atoms with Gasteiger partial charge >= 0.3 is 5.97 Å². The van der Waals surface area contributed by atoms with Gasteiger partial charge in [0.1, 0.15) is 0 Å². The molecule has 1 aromatic carbocycles. The van der Waals surface area contributed by atoms with E-state index in [0.29, 0.717) is 30.5 Å². The molecule has 1 aliphatic heterocycles. The Bertz CT molecular complexity index is 623. The van der Waals surface area contributed by atoms with Gasteiger partial charge in [0.2, 0.25) is 0 Å².